The van der Waals surface area contributed by atoms with Crippen LogP contribution in [0, 0.1) is 5.92 Å². The molecule has 3 N–H and O–H groups in total. The molecule has 0 radical (unpaired) electrons. The molecule has 0 saturated carbocycles. The molecule has 0 aromatic heterocycles. The van der Waals surface area contributed by atoms with Gasteiger partial charge in [-0.15, -0.1) is 12.4 Å². The van der Waals surface area contributed by atoms with Gasteiger partial charge in [0.05, 0.1) is 19.3 Å². The van der Waals surface area contributed by atoms with Gasteiger partial charge in [0.2, 0.25) is 0 Å². The Morgan fingerprint density at radius 1 is 1.05 bits per heavy atom. The lowest BCUT2D eigenvalue weighted by atomic mass is 9.94. The highest BCUT2D eigenvalue weighted by atomic mass is 35.5. The number of fused-ring (bicyclic) bond motifs is 1. The lowest BCUT2D eigenvalue weighted by molar-refractivity contribution is 0.128. The van der Waals surface area contributed by atoms with E-state index in [0.29, 0.717) is 5.92 Å². The number of aliphatic hydroxyl groups is 1. The van der Waals surface area contributed by atoms with Crippen LogP contribution in [0.1, 0.15) is 38.3 Å². The van der Waals surface area contributed by atoms with Gasteiger partial charge in [0.25, 0.3) is 0 Å². The number of rotatable bonds is 6. The van der Waals surface area contributed by atoms with E-state index < -0.39 is 6.10 Å². The van der Waals surface area contributed by atoms with Gasteiger partial charge in [0.1, 0.15) is 5.75 Å². The quantitative estimate of drug-likeness (QED) is 0.842. The van der Waals surface area contributed by atoms with Gasteiger partial charge in [0, 0.05) is 0 Å². The predicted octanol–water partition coefficient (Wildman–Crippen LogP) is 4.07. The van der Waals surface area contributed by atoms with Gasteiger partial charge in [0.15, 0.2) is 0 Å². The molecule has 2 rings (SSSR count). The smallest absolute Gasteiger partial charge is 0.119 e. The number of methoxy groups -OCH3 is 1. The van der Waals surface area contributed by atoms with Gasteiger partial charge in [-0.2, -0.15) is 0 Å². The largest absolute Gasteiger partial charge is 0.497 e. The molecule has 2 aromatic rings. The number of hydrogen-bond donors (Lipinski definition) is 2. The summed E-state index contributed by atoms with van der Waals surface area (Å²) in [4.78, 5) is 0. The molecule has 2 atom stereocenters. The molecule has 0 aliphatic carbocycles. The van der Waals surface area contributed by atoms with Crippen LogP contribution in [0.3, 0.4) is 0 Å². The number of hydrogen-bond acceptors (Lipinski definition) is 3. The summed E-state index contributed by atoms with van der Waals surface area (Å²) < 4.78 is 5.23. The van der Waals surface area contributed by atoms with Gasteiger partial charge in [-0.3, -0.25) is 0 Å². The van der Waals surface area contributed by atoms with Crippen LogP contribution >= 0.6 is 12.4 Å². The van der Waals surface area contributed by atoms with E-state index in [1.807, 2.05) is 30.3 Å². The van der Waals surface area contributed by atoms with Gasteiger partial charge in [-0.05, 0) is 53.3 Å². The molecule has 3 nitrogen and oxygen atoms in total. The van der Waals surface area contributed by atoms with Crippen LogP contribution in [0.15, 0.2) is 36.4 Å². The molecular weight excluding hydrogens is 298 g/mol. The summed E-state index contributed by atoms with van der Waals surface area (Å²) in [7, 11) is 1.66. The number of nitrogens with two attached hydrogens (primary N) is 1. The molecule has 0 amide bonds. The first-order chi connectivity index (χ1) is 10.0. The molecule has 0 aliphatic heterocycles. The Kier molecular flexibility index (Phi) is 7.14. The van der Waals surface area contributed by atoms with E-state index >= 15 is 0 Å². The van der Waals surface area contributed by atoms with Crippen molar-refractivity contribution in [1.82, 2.24) is 0 Å². The summed E-state index contributed by atoms with van der Waals surface area (Å²) in [5, 5.41) is 12.5. The summed E-state index contributed by atoms with van der Waals surface area (Å²) in [5.41, 5.74) is 7.17. The van der Waals surface area contributed by atoms with Crippen molar-refractivity contribution in [2.75, 3.05) is 7.11 Å². The van der Waals surface area contributed by atoms with E-state index in [9.17, 15) is 5.11 Å². The van der Waals surface area contributed by atoms with Crippen LogP contribution in [-0.2, 0) is 0 Å². The first kappa shape index (κ1) is 18.8. The van der Waals surface area contributed by atoms with Gasteiger partial charge < -0.3 is 15.6 Å². The molecule has 22 heavy (non-hydrogen) atoms. The maximum Gasteiger partial charge on any atom is 0.119 e. The summed E-state index contributed by atoms with van der Waals surface area (Å²) in [6.45, 7) is 4.31. The normalized spacial score (nSPS) is 13.7. The molecule has 0 bridgehead atoms. The van der Waals surface area contributed by atoms with Crippen LogP contribution < -0.4 is 10.5 Å². The Morgan fingerprint density at radius 3 is 2.32 bits per heavy atom. The van der Waals surface area contributed by atoms with E-state index in [2.05, 4.69) is 19.9 Å². The Morgan fingerprint density at radius 2 is 1.68 bits per heavy atom. The van der Waals surface area contributed by atoms with E-state index in [4.69, 9.17) is 10.5 Å². The minimum absolute atomic E-state index is 0. The SMILES string of the molecule is COc1ccc2cc([C@@H](N)[C@@H](O)CCC(C)C)ccc2c1.Cl. The van der Waals surface area contributed by atoms with Crippen molar-refractivity contribution in [1.29, 1.82) is 0 Å². The minimum Gasteiger partial charge on any atom is -0.497 e. The highest BCUT2D eigenvalue weighted by Crippen LogP contribution is 2.26. The molecule has 122 valence electrons. The summed E-state index contributed by atoms with van der Waals surface area (Å²) in [6.07, 6.45) is 1.22. The third-order valence-electron chi connectivity index (χ3n) is 3.91. The third-order valence-corrected chi connectivity index (χ3v) is 3.91. The lowest BCUT2D eigenvalue weighted by Gasteiger charge is -2.20. The van der Waals surface area contributed by atoms with Crippen molar-refractivity contribution in [2.24, 2.45) is 11.7 Å². The molecule has 2 aromatic carbocycles. The molecular formula is C18H26ClNO2. The first-order valence-corrected chi connectivity index (χ1v) is 7.52. The second-order valence-electron chi connectivity index (χ2n) is 6.04. The monoisotopic (exact) mass is 323 g/mol. The second-order valence-corrected chi connectivity index (χ2v) is 6.04. The molecule has 4 heteroatoms. The molecule has 0 unspecified atom stereocenters. The van der Waals surface area contributed by atoms with E-state index in [0.717, 1.165) is 34.9 Å². The molecule has 0 heterocycles. The van der Waals surface area contributed by atoms with Crippen LogP contribution in [0.25, 0.3) is 10.8 Å². The van der Waals surface area contributed by atoms with Crippen molar-refractivity contribution >= 4 is 23.2 Å². The summed E-state index contributed by atoms with van der Waals surface area (Å²) in [5.74, 6) is 1.42. The maximum absolute atomic E-state index is 10.2. The zero-order valence-electron chi connectivity index (χ0n) is 13.5. The fourth-order valence-electron chi connectivity index (χ4n) is 2.48. The highest BCUT2D eigenvalue weighted by molar-refractivity contribution is 5.85. The van der Waals surface area contributed by atoms with Crippen molar-refractivity contribution < 1.29 is 9.84 Å². The highest BCUT2D eigenvalue weighted by Gasteiger charge is 2.17. The van der Waals surface area contributed by atoms with Crippen LogP contribution in [-0.4, -0.2) is 18.3 Å². The van der Waals surface area contributed by atoms with Crippen molar-refractivity contribution in [3.05, 3.63) is 42.0 Å². The minimum atomic E-state index is -0.497. The van der Waals surface area contributed by atoms with E-state index in [-0.39, 0.29) is 18.4 Å². The zero-order valence-corrected chi connectivity index (χ0v) is 14.3. The van der Waals surface area contributed by atoms with Crippen LogP contribution in [0.2, 0.25) is 0 Å². The second kappa shape index (κ2) is 8.37. The first-order valence-electron chi connectivity index (χ1n) is 7.52. The Labute approximate surface area is 138 Å². The van der Waals surface area contributed by atoms with E-state index in [1.165, 1.54) is 0 Å². The Balaban J connectivity index is 0.00000242. The van der Waals surface area contributed by atoms with E-state index in [1.54, 1.807) is 7.11 Å². The summed E-state index contributed by atoms with van der Waals surface area (Å²) >= 11 is 0. The molecule has 0 aliphatic rings. The predicted molar refractivity (Wildman–Crippen MR) is 94.8 cm³/mol. The molecule has 0 spiro atoms. The number of benzene rings is 2. The zero-order chi connectivity index (χ0) is 15.4. The van der Waals surface area contributed by atoms with Crippen LogP contribution in [0.5, 0.6) is 5.75 Å². The van der Waals surface area contributed by atoms with Gasteiger partial charge in [-0.1, -0.05) is 32.0 Å². The number of aliphatic hydroxyl groups excluding tert-OH is 1. The fraction of sp³-hybridized carbons (Fsp3) is 0.444. The standard InChI is InChI=1S/C18H25NO2.ClH/c1-12(2)4-9-17(20)18(19)15-6-5-14-11-16(21-3)8-7-13(14)10-15;/h5-8,10-12,17-18,20H,4,9,19H2,1-3H3;1H/t17-,18+;/m0./s1. The lowest BCUT2D eigenvalue weighted by Crippen LogP contribution is -2.26. The third kappa shape index (κ3) is 4.60. The van der Waals surface area contributed by atoms with Crippen molar-refractivity contribution in [3.63, 3.8) is 0 Å². The topological polar surface area (TPSA) is 55.5 Å². The number of ether oxygens (including phenoxy) is 1. The van der Waals surface area contributed by atoms with Crippen molar-refractivity contribution in [3.8, 4) is 5.75 Å². The molecule has 0 fully saturated rings. The average molecular weight is 324 g/mol. The average Bonchev–Trinajstić information content (AvgIpc) is 2.50. The fourth-order valence-corrected chi connectivity index (χ4v) is 2.48. The Hall–Kier alpha value is -1.29. The van der Waals surface area contributed by atoms with Crippen molar-refractivity contribution in [2.45, 2.75) is 38.8 Å². The van der Waals surface area contributed by atoms with Gasteiger partial charge >= 0.3 is 0 Å². The van der Waals surface area contributed by atoms with Gasteiger partial charge in [-0.25, -0.2) is 0 Å². The molecule has 0 saturated heterocycles. The summed E-state index contributed by atoms with van der Waals surface area (Å²) in [6, 6.07) is 11.7. The Bertz CT molecular complexity index is 601. The maximum atomic E-state index is 10.2. The van der Waals surface area contributed by atoms with Crippen LogP contribution in [0.4, 0.5) is 0 Å². The number of halogens is 1.